The van der Waals surface area contributed by atoms with Gasteiger partial charge in [0, 0.05) is 29.3 Å². The van der Waals surface area contributed by atoms with Gasteiger partial charge in [-0.3, -0.25) is 0 Å². The molecule has 0 radical (unpaired) electrons. The van der Waals surface area contributed by atoms with Gasteiger partial charge in [0.15, 0.2) is 0 Å². The van der Waals surface area contributed by atoms with Crippen LogP contribution in [-0.4, -0.2) is 5.75 Å². The van der Waals surface area contributed by atoms with Crippen molar-refractivity contribution in [1.29, 1.82) is 0 Å². The molecule has 0 amide bonds. The predicted molar refractivity (Wildman–Crippen MR) is 129 cm³/mol. The molecule has 0 bridgehead atoms. The van der Waals surface area contributed by atoms with E-state index in [1.165, 1.54) is 64.9 Å². The summed E-state index contributed by atoms with van der Waals surface area (Å²) in [6.45, 7) is 2.27. The van der Waals surface area contributed by atoms with Gasteiger partial charge in [-0.1, -0.05) is 32.3 Å². The van der Waals surface area contributed by atoms with E-state index in [1.807, 2.05) is 57.1 Å². The van der Waals surface area contributed by atoms with E-state index in [0.717, 1.165) is 0 Å². The van der Waals surface area contributed by atoms with Crippen molar-refractivity contribution in [3.63, 3.8) is 0 Å². The summed E-state index contributed by atoms with van der Waals surface area (Å²) in [5, 5.41) is 2.15. The van der Waals surface area contributed by atoms with Crippen molar-refractivity contribution in [1.82, 2.24) is 0 Å². The third-order valence-corrected chi connectivity index (χ3v) is 10.3. The first-order valence-corrected chi connectivity index (χ1v) is 13.6. The van der Waals surface area contributed by atoms with Crippen molar-refractivity contribution in [3.05, 3.63) is 53.9 Å². The van der Waals surface area contributed by atoms with Gasteiger partial charge in [-0.15, -0.1) is 57.1 Å². The largest absolute Gasteiger partial charge is 0.143 e. The number of hydrogen-bond acceptors (Lipinski definition) is 5. The molecule has 0 nitrogen and oxygen atoms in total. The number of thioether (sulfide) groups is 1. The maximum Gasteiger partial charge on any atom is 0.0605 e. The quantitative estimate of drug-likeness (QED) is 0.182. The second-order valence-electron chi connectivity index (χ2n) is 6.33. The Labute approximate surface area is 181 Å². The van der Waals surface area contributed by atoms with Gasteiger partial charge < -0.3 is 0 Å². The fourth-order valence-electron chi connectivity index (χ4n) is 2.86. The molecule has 0 aromatic carbocycles. The summed E-state index contributed by atoms with van der Waals surface area (Å²) >= 11 is 9.58. The summed E-state index contributed by atoms with van der Waals surface area (Å²) in [5.41, 5.74) is 0. The standard InChI is InChI=1S/C22H22S5/c1-2-3-4-5-14-24-22-13-12-21(27-22)20-11-10-19(26-20)18-9-8-17(25-18)16-7-6-15-23-16/h6-13,15H,2-5,14H2,1H3. The third kappa shape index (κ3) is 4.96. The number of rotatable bonds is 9. The van der Waals surface area contributed by atoms with Crippen molar-refractivity contribution >= 4 is 57.1 Å². The van der Waals surface area contributed by atoms with Crippen molar-refractivity contribution in [2.75, 3.05) is 5.75 Å². The molecule has 4 heterocycles. The Hall–Kier alpha value is -0.850. The smallest absolute Gasteiger partial charge is 0.0605 e. The minimum absolute atomic E-state index is 1.25. The lowest BCUT2D eigenvalue weighted by atomic mass is 10.2. The second kappa shape index (κ2) is 9.57. The molecule has 5 heteroatoms. The second-order valence-corrected chi connectivity index (χ2v) is 11.9. The average molecular weight is 447 g/mol. The molecule has 4 rings (SSSR count). The average Bonchev–Trinajstić information content (AvgIpc) is 3.48. The molecule has 4 aromatic rings. The Morgan fingerprint density at radius 3 is 1.93 bits per heavy atom. The molecule has 0 spiro atoms. The topological polar surface area (TPSA) is 0 Å². The van der Waals surface area contributed by atoms with Crippen LogP contribution in [0.4, 0.5) is 0 Å². The van der Waals surface area contributed by atoms with E-state index in [0.29, 0.717) is 0 Å². The Morgan fingerprint density at radius 2 is 1.30 bits per heavy atom. The summed E-state index contributed by atoms with van der Waals surface area (Å²) < 4.78 is 1.45. The molecular weight excluding hydrogens is 425 g/mol. The molecule has 0 aliphatic heterocycles. The minimum atomic E-state index is 1.25. The summed E-state index contributed by atoms with van der Waals surface area (Å²) in [6.07, 6.45) is 5.38. The monoisotopic (exact) mass is 446 g/mol. The lowest BCUT2D eigenvalue weighted by Crippen LogP contribution is -1.78. The van der Waals surface area contributed by atoms with Gasteiger partial charge in [-0.25, -0.2) is 0 Å². The van der Waals surface area contributed by atoms with Crippen LogP contribution in [0.25, 0.3) is 29.3 Å². The van der Waals surface area contributed by atoms with Gasteiger partial charge >= 0.3 is 0 Å². The summed E-state index contributed by atoms with van der Waals surface area (Å²) in [5.74, 6) is 1.25. The zero-order valence-corrected chi connectivity index (χ0v) is 19.4. The molecule has 0 atom stereocenters. The van der Waals surface area contributed by atoms with E-state index in [-0.39, 0.29) is 0 Å². The van der Waals surface area contributed by atoms with Crippen LogP contribution >= 0.6 is 57.1 Å². The number of hydrogen-bond donors (Lipinski definition) is 0. The predicted octanol–water partition coefficient (Wildman–Crippen LogP) is 9.61. The molecule has 27 heavy (non-hydrogen) atoms. The fraction of sp³-hybridized carbons (Fsp3) is 0.273. The van der Waals surface area contributed by atoms with Gasteiger partial charge in [0.25, 0.3) is 0 Å². The van der Waals surface area contributed by atoms with Crippen LogP contribution in [-0.2, 0) is 0 Å². The maximum absolute atomic E-state index is 2.30. The highest BCUT2D eigenvalue weighted by molar-refractivity contribution is 8.01. The highest BCUT2D eigenvalue weighted by atomic mass is 32.2. The Morgan fingerprint density at radius 1 is 0.667 bits per heavy atom. The SMILES string of the molecule is CCCCCCSc1ccc(-c2ccc(-c3ccc(-c4cccs4)s3)s2)s1. The third-order valence-electron chi connectivity index (χ3n) is 4.29. The highest BCUT2D eigenvalue weighted by Gasteiger charge is 2.11. The maximum atomic E-state index is 2.30. The molecule has 0 N–H and O–H groups in total. The molecule has 140 valence electrons. The van der Waals surface area contributed by atoms with Gasteiger partial charge in [0.05, 0.1) is 4.21 Å². The van der Waals surface area contributed by atoms with Gasteiger partial charge in [-0.2, -0.15) is 0 Å². The summed E-state index contributed by atoms with van der Waals surface area (Å²) in [4.78, 5) is 8.27. The molecule has 0 aliphatic carbocycles. The van der Waals surface area contributed by atoms with E-state index in [1.54, 1.807) is 0 Å². The van der Waals surface area contributed by atoms with E-state index in [9.17, 15) is 0 Å². The van der Waals surface area contributed by atoms with Crippen molar-refractivity contribution < 1.29 is 0 Å². The van der Waals surface area contributed by atoms with Gasteiger partial charge in [0.2, 0.25) is 0 Å². The molecule has 0 aliphatic rings. The summed E-state index contributed by atoms with van der Waals surface area (Å²) in [7, 11) is 0. The molecule has 0 saturated carbocycles. The van der Waals surface area contributed by atoms with Crippen LogP contribution in [0.15, 0.2) is 58.1 Å². The number of thiophene rings is 4. The lowest BCUT2D eigenvalue weighted by molar-refractivity contribution is 0.706. The lowest BCUT2D eigenvalue weighted by Gasteiger charge is -1.98. The van der Waals surface area contributed by atoms with Crippen molar-refractivity contribution in [2.24, 2.45) is 0 Å². The first-order valence-electron chi connectivity index (χ1n) is 9.30. The van der Waals surface area contributed by atoms with Crippen molar-refractivity contribution in [3.8, 4) is 29.3 Å². The first-order chi connectivity index (χ1) is 13.3. The fourth-order valence-corrected chi connectivity index (χ4v) is 8.09. The van der Waals surface area contributed by atoms with Gasteiger partial charge in [0.1, 0.15) is 0 Å². The highest BCUT2D eigenvalue weighted by Crippen LogP contribution is 2.43. The molecule has 0 saturated heterocycles. The first kappa shape index (κ1) is 19.5. The van der Waals surface area contributed by atoms with Gasteiger partial charge in [-0.05, 0) is 60.0 Å². The van der Waals surface area contributed by atoms with Crippen LogP contribution in [0.3, 0.4) is 0 Å². The van der Waals surface area contributed by atoms with Crippen molar-refractivity contribution in [2.45, 2.75) is 36.8 Å². The molecular formula is C22H22S5. The van der Waals surface area contributed by atoms with E-state index < -0.39 is 0 Å². The van der Waals surface area contributed by atoms with E-state index in [4.69, 9.17) is 0 Å². The van der Waals surface area contributed by atoms with Crippen LogP contribution < -0.4 is 0 Å². The van der Waals surface area contributed by atoms with E-state index >= 15 is 0 Å². The Bertz CT molecular complexity index is 955. The minimum Gasteiger partial charge on any atom is -0.143 e. The molecule has 0 unspecified atom stereocenters. The molecule has 0 fully saturated rings. The Kier molecular flexibility index (Phi) is 6.90. The van der Waals surface area contributed by atoms with Crippen LogP contribution in [0.1, 0.15) is 32.6 Å². The molecule has 4 aromatic heterocycles. The zero-order valence-electron chi connectivity index (χ0n) is 15.3. The van der Waals surface area contributed by atoms with Crippen LogP contribution in [0.5, 0.6) is 0 Å². The Balaban J connectivity index is 1.41. The number of unbranched alkanes of at least 4 members (excludes halogenated alkanes) is 3. The van der Waals surface area contributed by atoms with E-state index in [2.05, 4.69) is 60.8 Å². The normalized spacial score (nSPS) is 11.3. The summed E-state index contributed by atoms with van der Waals surface area (Å²) in [6, 6.07) is 18.0. The van der Waals surface area contributed by atoms with Crippen LogP contribution in [0.2, 0.25) is 0 Å². The van der Waals surface area contributed by atoms with Crippen LogP contribution in [0, 0.1) is 0 Å². The zero-order chi connectivity index (χ0) is 18.5.